The highest BCUT2D eigenvalue weighted by Gasteiger charge is 2.19. The maximum absolute atomic E-state index is 12.8. The average molecular weight is 849 g/mol. The molecule has 0 heterocycles. The molecule has 0 fully saturated rings. The van der Waals surface area contributed by atoms with E-state index in [4.69, 9.17) is 14.2 Å². The summed E-state index contributed by atoms with van der Waals surface area (Å²) in [4.78, 5) is 37.9. The Labute approximate surface area is 375 Å². The molecule has 6 nitrogen and oxygen atoms in total. The molecule has 0 aromatic heterocycles. The van der Waals surface area contributed by atoms with Crippen molar-refractivity contribution in [3.63, 3.8) is 0 Å². The molecule has 1 atom stereocenters. The first kappa shape index (κ1) is 57.6. The molecular formula is C55H92O6. The summed E-state index contributed by atoms with van der Waals surface area (Å²) in [5, 5.41) is 0. The third-order valence-electron chi connectivity index (χ3n) is 10.4. The van der Waals surface area contributed by atoms with Gasteiger partial charge in [0.05, 0.1) is 0 Å². The topological polar surface area (TPSA) is 78.9 Å². The molecule has 0 aliphatic carbocycles. The number of carbonyl (C=O) groups is 3. The van der Waals surface area contributed by atoms with Crippen LogP contribution in [0.15, 0.2) is 85.1 Å². The van der Waals surface area contributed by atoms with Crippen molar-refractivity contribution in [1.29, 1.82) is 0 Å². The highest BCUT2D eigenvalue weighted by Crippen LogP contribution is 2.13. The molecule has 0 rings (SSSR count). The van der Waals surface area contributed by atoms with Crippen LogP contribution in [-0.2, 0) is 28.6 Å². The van der Waals surface area contributed by atoms with E-state index >= 15 is 0 Å². The Balaban J connectivity index is 4.50. The zero-order valence-electron chi connectivity index (χ0n) is 39.7. The van der Waals surface area contributed by atoms with E-state index in [0.717, 1.165) is 103 Å². The molecule has 0 aliphatic rings. The summed E-state index contributed by atoms with van der Waals surface area (Å²) < 4.78 is 16.7. The first-order valence-corrected chi connectivity index (χ1v) is 25.1. The van der Waals surface area contributed by atoms with Gasteiger partial charge < -0.3 is 14.2 Å². The molecule has 6 heteroatoms. The second kappa shape index (κ2) is 49.2. The van der Waals surface area contributed by atoms with Gasteiger partial charge in [-0.05, 0) is 103 Å². The molecular weight excluding hydrogens is 757 g/mol. The first-order valence-electron chi connectivity index (χ1n) is 25.1. The van der Waals surface area contributed by atoms with Gasteiger partial charge in [0.1, 0.15) is 13.2 Å². The second-order valence-corrected chi connectivity index (χ2v) is 16.4. The van der Waals surface area contributed by atoms with Gasteiger partial charge in [-0.2, -0.15) is 0 Å². The minimum Gasteiger partial charge on any atom is -0.462 e. The number of carbonyl (C=O) groups excluding carboxylic acids is 3. The van der Waals surface area contributed by atoms with Crippen LogP contribution in [0.3, 0.4) is 0 Å². The normalized spacial score (nSPS) is 12.8. The van der Waals surface area contributed by atoms with E-state index in [2.05, 4.69) is 106 Å². The number of rotatable bonds is 44. The van der Waals surface area contributed by atoms with E-state index < -0.39 is 6.10 Å². The van der Waals surface area contributed by atoms with E-state index in [9.17, 15) is 14.4 Å². The molecule has 0 saturated carbocycles. The van der Waals surface area contributed by atoms with Crippen molar-refractivity contribution in [3.05, 3.63) is 85.1 Å². The molecule has 0 N–H and O–H groups in total. The highest BCUT2D eigenvalue weighted by atomic mass is 16.6. The van der Waals surface area contributed by atoms with E-state index in [1.807, 2.05) is 0 Å². The molecule has 0 aliphatic heterocycles. The molecule has 348 valence electrons. The molecule has 0 aromatic carbocycles. The number of hydrogen-bond donors (Lipinski definition) is 0. The van der Waals surface area contributed by atoms with Gasteiger partial charge in [0.25, 0.3) is 0 Å². The SMILES string of the molecule is CC/C=C\C/C=C\C/C=C\CCCCC(=O)OCC(COC(=O)CCCCC/C=C\C=C/CCCCCCCCC)OC(=O)CCCCCCCC/C=C\C=C/CCCCC. The molecule has 1 unspecified atom stereocenters. The van der Waals surface area contributed by atoms with Gasteiger partial charge in [-0.15, -0.1) is 0 Å². The predicted octanol–water partition coefficient (Wildman–Crippen LogP) is 16.4. The second-order valence-electron chi connectivity index (χ2n) is 16.4. The summed E-state index contributed by atoms with van der Waals surface area (Å²) >= 11 is 0. The Hall–Kier alpha value is -3.41. The van der Waals surface area contributed by atoms with Crippen LogP contribution in [-0.4, -0.2) is 37.2 Å². The van der Waals surface area contributed by atoms with Crippen LogP contribution in [0, 0.1) is 0 Å². The van der Waals surface area contributed by atoms with Crippen LogP contribution in [0.1, 0.15) is 226 Å². The van der Waals surface area contributed by atoms with Gasteiger partial charge in [0.2, 0.25) is 0 Å². The lowest BCUT2D eigenvalue weighted by molar-refractivity contribution is -0.167. The summed E-state index contributed by atoms with van der Waals surface area (Å²) in [7, 11) is 0. The van der Waals surface area contributed by atoms with Crippen molar-refractivity contribution in [2.24, 2.45) is 0 Å². The van der Waals surface area contributed by atoms with Crippen molar-refractivity contribution in [3.8, 4) is 0 Å². The summed E-state index contributed by atoms with van der Waals surface area (Å²) in [6.45, 7) is 6.41. The number of esters is 3. The number of hydrogen-bond acceptors (Lipinski definition) is 6. The summed E-state index contributed by atoms with van der Waals surface area (Å²) in [6, 6.07) is 0. The fourth-order valence-corrected chi connectivity index (χ4v) is 6.61. The van der Waals surface area contributed by atoms with Crippen molar-refractivity contribution >= 4 is 17.9 Å². The average Bonchev–Trinajstić information content (AvgIpc) is 3.26. The summed E-state index contributed by atoms with van der Waals surface area (Å²) in [5.41, 5.74) is 0. The van der Waals surface area contributed by atoms with Gasteiger partial charge in [-0.25, -0.2) is 0 Å². The Morgan fingerprint density at radius 1 is 0.361 bits per heavy atom. The van der Waals surface area contributed by atoms with Crippen molar-refractivity contribution in [1.82, 2.24) is 0 Å². The molecule has 0 aromatic rings. The van der Waals surface area contributed by atoms with Crippen LogP contribution < -0.4 is 0 Å². The standard InChI is InChI=1S/C55H92O6/c1-4-7-10-13-16-19-22-25-27-29-30-33-36-39-42-45-48-54(57)60-51-52(50-59-53(56)47-44-41-38-35-32-24-21-18-15-12-9-6-3)61-55(58)49-46-43-40-37-34-31-28-26-23-20-17-14-11-8-5-2/h9,12,17-18,20-21,23,26-27,29-30,32-33,35,52H,4-8,10-11,13-16,19,22,24-25,28,31,34,36-51H2,1-3H3/b12-9-,20-17-,21-18-,26-23-,29-27-,33-30-,35-32-. The molecule has 0 bridgehead atoms. The summed E-state index contributed by atoms with van der Waals surface area (Å²) in [5.74, 6) is -0.987. The van der Waals surface area contributed by atoms with Crippen LogP contribution in [0.4, 0.5) is 0 Å². The van der Waals surface area contributed by atoms with Crippen LogP contribution in [0.5, 0.6) is 0 Å². The van der Waals surface area contributed by atoms with Crippen molar-refractivity contribution in [2.45, 2.75) is 232 Å². The molecule has 61 heavy (non-hydrogen) atoms. The Bertz CT molecular complexity index is 1200. The van der Waals surface area contributed by atoms with Gasteiger partial charge in [0.15, 0.2) is 6.10 Å². The Kier molecular flexibility index (Phi) is 46.5. The molecule has 0 saturated heterocycles. The van der Waals surface area contributed by atoms with Gasteiger partial charge in [-0.1, -0.05) is 189 Å². The molecule has 0 radical (unpaired) electrons. The maximum Gasteiger partial charge on any atom is 0.306 e. The minimum atomic E-state index is -0.808. The minimum absolute atomic E-state index is 0.108. The lowest BCUT2D eigenvalue weighted by Gasteiger charge is -2.18. The lowest BCUT2D eigenvalue weighted by atomic mass is 10.1. The summed E-state index contributed by atoms with van der Waals surface area (Å²) in [6.07, 6.45) is 62.8. The fraction of sp³-hybridized carbons (Fsp3) is 0.691. The number of unbranched alkanes of at least 4 members (excludes halogenated alkanes) is 21. The highest BCUT2D eigenvalue weighted by molar-refractivity contribution is 5.71. The Morgan fingerprint density at radius 3 is 1.18 bits per heavy atom. The lowest BCUT2D eigenvalue weighted by Crippen LogP contribution is -2.30. The van der Waals surface area contributed by atoms with Crippen molar-refractivity contribution in [2.75, 3.05) is 13.2 Å². The first-order chi connectivity index (χ1) is 30.0. The van der Waals surface area contributed by atoms with Crippen LogP contribution in [0.25, 0.3) is 0 Å². The quantitative estimate of drug-likeness (QED) is 0.0200. The smallest absolute Gasteiger partial charge is 0.306 e. The van der Waals surface area contributed by atoms with Gasteiger partial charge in [0, 0.05) is 19.3 Å². The van der Waals surface area contributed by atoms with Crippen LogP contribution >= 0.6 is 0 Å². The Morgan fingerprint density at radius 2 is 0.689 bits per heavy atom. The van der Waals surface area contributed by atoms with E-state index in [-0.39, 0.29) is 31.1 Å². The zero-order valence-corrected chi connectivity index (χ0v) is 39.7. The largest absolute Gasteiger partial charge is 0.462 e. The van der Waals surface area contributed by atoms with Crippen molar-refractivity contribution < 1.29 is 28.6 Å². The van der Waals surface area contributed by atoms with E-state index in [1.54, 1.807) is 0 Å². The van der Waals surface area contributed by atoms with E-state index in [1.165, 1.54) is 83.5 Å². The fourth-order valence-electron chi connectivity index (χ4n) is 6.61. The number of allylic oxidation sites excluding steroid dienone is 14. The van der Waals surface area contributed by atoms with Gasteiger partial charge >= 0.3 is 17.9 Å². The molecule has 0 amide bonds. The molecule has 0 spiro atoms. The van der Waals surface area contributed by atoms with E-state index in [0.29, 0.717) is 19.3 Å². The zero-order chi connectivity index (χ0) is 44.4. The maximum atomic E-state index is 12.8. The van der Waals surface area contributed by atoms with Crippen LogP contribution in [0.2, 0.25) is 0 Å². The predicted molar refractivity (Wildman–Crippen MR) is 261 cm³/mol. The third-order valence-corrected chi connectivity index (χ3v) is 10.4. The monoisotopic (exact) mass is 849 g/mol. The third kappa shape index (κ3) is 47.5. The van der Waals surface area contributed by atoms with Gasteiger partial charge in [-0.3, -0.25) is 14.4 Å². The number of ether oxygens (including phenoxy) is 3.